The minimum atomic E-state index is -0.522. The molecular formula is C16H23N5O3. The molecule has 0 aliphatic heterocycles. The first-order valence-electron chi connectivity index (χ1n) is 8.11. The van der Waals surface area contributed by atoms with E-state index in [1.165, 1.54) is 0 Å². The maximum absolute atomic E-state index is 12.0. The molecule has 3 rings (SSSR count). The van der Waals surface area contributed by atoms with Crippen molar-refractivity contribution in [1.82, 2.24) is 24.9 Å². The maximum atomic E-state index is 12.0. The van der Waals surface area contributed by atoms with Gasteiger partial charge in [-0.15, -0.1) is 0 Å². The average Bonchev–Trinajstić information content (AvgIpc) is 3.25. The van der Waals surface area contributed by atoms with Crippen LogP contribution in [0.3, 0.4) is 0 Å². The molecule has 0 radical (unpaired) electrons. The van der Waals surface area contributed by atoms with Gasteiger partial charge in [-0.2, -0.15) is 10.2 Å². The fourth-order valence-corrected chi connectivity index (χ4v) is 3.14. The van der Waals surface area contributed by atoms with E-state index in [0.29, 0.717) is 18.9 Å². The molecule has 0 spiro atoms. The number of carbonyl (C=O) groups is 1. The zero-order valence-electron chi connectivity index (χ0n) is 13.7. The lowest BCUT2D eigenvalue weighted by Gasteiger charge is -2.16. The third-order valence-electron chi connectivity index (χ3n) is 4.38. The van der Waals surface area contributed by atoms with E-state index in [-0.39, 0.29) is 18.6 Å². The first kappa shape index (κ1) is 16.7. The number of amides is 1. The molecule has 0 bridgehead atoms. The minimum absolute atomic E-state index is 0.0295. The number of ether oxygens (including phenoxy) is 1. The van der Waals surface area contributed by atoms with Crippen molar-refractivity contribution in [3.05, 3.63) is 36.4 Å². The van der Waals surface area contributed by atoms with Crippen LogP contribution in [0.15, 0.2) is 30.7 Å². The van der Waals surface area contributed by atoms with Gasteiger partial charge in [-0.1, -0.05) is 0 Å². The van der Waals surface area contributed by atoms with Crippen molar-refractivity contribution >= 4 is 5.91 Å². The van der Waals surface area contributed by atoms with Gasteiger partial charge in [0, 0.05) is 32.2 Å². The Bertz CT molecular complexity index is 654. The molecule has 8 heteroatoms. The monoisotopic (exact) mass is 333 g/mol. The summed E-state index contributed by atoms with van der Waals surface area (Å²) < 4.78 is 8.98. The second kappa shape index (κ2) is 7.59. The highest BCUT2D eigenvalue weighted by Crippen LogP contribution is 2.27. The minimum Gasteiger partial charge on any atom is -0.391 e. The second-order valence-electron chi connectivity index (χ2n) is 6.25. The number of carbonyl (C=O) groups excluding carboxylic acids is 1. The summed E-state index contributed by atoms with van der Waals surface area (Å²) in [5, 5.41) is 21.2. The van der Waals surface area contributed by atoms with E-state index >= 15 is 0 Å². The lowest BCUT2D eigenvalue weighted by atomic mass is 10.1. The molecule has 1 unspecified atom stereocenters. The number of aliphatic hydroxyl groups is 1. The van der Waals surface area contributed by atoms with Crippen molar-refractivity contribution in [2.75, 3.05) is 6.61 Å². The first-order valence-corrected chi connectivity index (χ1v) is 8.11. The van der Waals surface area contributed by atoms with Crippen molar-refractivity contribution in [2.24, 2.45) is 13.0 Å². The van der Waals surface area contributed by atoms with Crippen LogP contribution in [0.2, 0.25) is 0 Å². The first-order chi connectivity index (χ1) is 11.6. The van der Waals surface area contributed by atoms with E-state index in [0.717, 1.165) is 18.7 Å². The van der Waals surface area contributed by atoms with Gasteiger partial charge in [0.15, 0.2) is 0 Å². The highest BCUT2D eigenvalue weighted by Gasteiger charge is 2.34. The average molecular weight is 333 g/mol. The molecule has 2 N–H and O–H groups in total. The molecule has 8 nitrogen and oxygen atoms in total. The Morgan fingerprint density at radius 3 is 3.00 bits per heavy atom. The molecule has 0 aromatic carbocycles. The molecule has 2 aromatic rings. The Hall–Kier alpha value is -2.19. The molecule has 130 valence electrons. The van der Waals surface area contributed by atoms with E-state index in [4.69, 9.17) is 4.74 Å². The summed E-state index contributed by atoms with van der Waals surface area (Å²) in [6.07, 6.45) is 6.23. The van der Waals surface area contributed by atoms with Crippen molar-refractivity contribution in [3.8, 4) is 0 Å². The molecule has 1 amide bonds. The third kappa shape index (κ3) is 4.21. The molecule has 3 atom stereocenters. The topological polar surface area (TPSA) is 94.2 Å². The quantitative estimate of drug-likeness (QED) is 0.749. The van der Waals surface area contributed by atoms with E-state index < -0.39 is 6.10 Å². The number of aromatic nitrogens is 4. The fraction of sp³-hybridized carbons (Fsp3) is 0.562. The summed E-state index contributed by atoms with van der Waals surface area (Å²) in [5.41, 5.74) is 0.906. The fourth-order valence-electron chi connectivity index (χ4n) is 3.14. The number of aryl methyl sites for hydroxylation is 1. The van der Waals surface area contributed by atoms with Crippen molar-refractivity contribution < 1.29 is 14.6 Å². The summed E-state index contributed by atoms with van der Waals surface area (Å²) in [7, 11) is 1.83. The van der Waals surface area contributed by atoms with E-state index in [2.05, 4.69) is 15.5 Å². The van der Waals surface area contributed by atoms with Crippen molar-refractivity contribution in [3.63, 3.8) is 0 Å². The van der Waals surface area contributed by atoms with Crippen LogP contribution in [0.1, 0.15) is 18.5 Å². The Morgan fingerprint density at radius 1 is 1.42 bits per heavy atom. The van der Waals surface area contributed by atoms with Gasteiger partial charge < -0.3 is 15.2 Å². The van der Waals surface area contributed by atoms with Crippen LogP contribution >= 0.6 is 0 Å². The molecule has 1 aliphatic rings. The Balaban J connectivity index is 1.40. The summed E-state index contributed by atoms with van der Waals surface area (Å²) in [4.78, 5) is 12.0. The lowest BCUT2D eigenvalue weighted by molar-refractivity contribution is -0.127. The Labute approximate surface area is 140 Å². The summed E-state index contributed by atoms with van der Waals surface area (Å²) >= 11 is 0. The highest BCUT2D eigenvalue weighted by molar-refractivity contribution is 5.77. The second-order valence-corrected chi connectivity index (χ2v) is 6.25. The molecular weight excluding hydrogens is 310 g/mol. The van der Waals surface area contributed by atoms with Gasteiger partial charge in [0.2, 0.25) is 5.91 Å². The summed E-state index contributed by atoms with van der Waals surface area (Å²) in [6, 6.07) is 3.50. The van der Waals surface area contributed by atoms with E-state index in [1.54, 1.807) is 17.1 Å². The lowest BCUT2D eigenvalue weighted by Crippen LogP contribution is -2.41. The molecule has 1 fully saturated rings. The van der Waals surface area contributed by atoms with Gasteiger partial charge >= 0.3 is 0 Å². The van der Waals surface area contributed by atoms with Crippen molar-refractivity contribution in [1.29, 1.82) is 0 Å². The SMILES string of the molecule is Cn1nccc1COCC(=O)N[C@@H]1CC(Cn2cccn2)C[C@H]1O. The molecule has 1 saturated carbocycles. The zero-order valence-corrected chi connectivity index (χ0v) is 13.7. The van der Waals surface area contributed by atoms with Crippen LogP contribution in [0, 0.1) is 5.92 Å². The van der Waals surface area contributed by atoms with Crippen molar-refractivity contribution in [2.45, 2.75) is 38.1 Å². The van der Waals surface area contributed by atoms with Crippen LogP contribution in [0.25, 0.3) is 0 Å². The van der Waals surface area contributed by atoms with Gasteiger partial charge in [0.1, 0.15) is 6.61 Å². The van der Waals surface area contributed by atoms with Gasteiger partial charge in [-0.3, -0.25) is 14.2 Å². The highest BCUT2D eigenvalue weighted by atomic mass is 16.5. The Kier molecular flexibility index (Phi) is 5.27. The van der Waals surface area contributed by atoms with Gasteiger partial charge in [0.05, 0.1) is 24.4 Å². The smallest absolute Gasteiger partial charge is 0.246 e. The van der Waals surface area contributed by atoms with Gasteiger partial charge in [-0.05, 0) is 30.9 Å². The van der Waals surface area contributed by atoms with E-state index in [1.807, 2.05) is 30.1 Å². The number of aliphatic hydroxyl groups excluding tert-OH is 1. The Morgan fingerprint density at radius 2 is 2.29 bits per heavy atom. The molecule has 2 aromatic heterocycles. The van der Waals surface area contributed by atoms with Crippen LogP contribution in [0.5, 0.6) is 0 Å². The number of hydrogen-bond acceptors (Lipinski definition) is 5. The predicted octanol–water partition coefficient (Wildman–Crippen LogP) is 0.0891. The van der Waals surface area contributed by atoms with Crippen LogP contribution in [-0.4, -0.2) is 49.3 Å². The predicted molar refractivity (Wildman–Crippen MR) is 85.8 cm³/mol. The van der Waals surface area contributed by atoms with Gasteiger partial charge in [-0.25, -0.2) is 0 Å². The molecule has 2 heterocycles. The normalized spacial score (nSPS) is 23.5. The standard InChI is InChI=1S/C16H23N5O3/c1-20-13(3-5-17-20)10-24-11-16(23)19-14-7-12(8-15(14)22)9-21-6-2-4-18-21/h2-6,12,14-15,22H,7-11H2,1H3,(H,19,23)/t12?,14-,15-/m1/s1. The van der Waals surface area contributed by atoms with Gasteiger partial charge in [0.25, 0.3) is 0 Å². The molecule has 24 heavy (non-hydrogen) atoms. The number of nitrogens with zero attached hydrogens (tertiary/aromatic N) is 4. The number of hydrogen-bond donors (Lipinski definition) is 2. The largest absolute Gasteiger partial charge is 0.391 e. The summed E-state index contributed by atoms with van der Waals surface area (Å²) in [6.45, 7) is 1.06. The van der Waals surface area contributed by atoms with Crippen LogP contribution in [-0.2, 0) is 29.7 Å². The third-order valence-corrected chi connectivity index (χ3v) is 4.38. The summed E-state index contributed by atoms with van der Waals surface area (Å²) in [5.74, 6) is 0.0986. The van der Waals surface area contributed by atoms with Crippen LogP contribution < -0.4 is 5.32 Å². The molecule has 0 saturated heterocycles. The zero-order chi connectivity index (χ0) is 16.9. The number of nitrogens with one attached hydrogen (secondary N) is 1. The number of rotatable bonds is 7. The van der Waals surface area contributed by atoms with Crippen LogP contribution in [0.4, 0.5) is 0 Å². The maximum Gasteiger partial charge on any atom is 0.246 e. The van der Waals surface area contributed by atoms with E-state index in [9.17, 15) is 9.90 Å². The molecule has 1 aliphatic carbocycles.